The van der Waals surface area contributed by atoms with E-state index in [0.29, 0.717) is 18.3 Å². The van der Waals surface area contributed by atoms with Gasteiger partial charge in [-0.1, -0.05) is 27.3 Å². The SMILES string of the molecule is Cc1c[n+]2c(n1-c1ccc(Br)cc1)N=C1C2C(=O)N(CCN2CCCCC2)C(=O)N1C. The Morgan fingerprint density at radius 3 is 2.52 bits per heavy atom. The van der Waals surface area contributed by atoms with Gasteiger partial charge in [0.1, 0.15) is 17.6 Å². The summed E-state index contributed by atoms with van der Waals surface area (Å²) in [4.78, 5) is 36.4. The highest BCUT2D eigenvalue weighted by Crippen LogP contribution is 2.31. The summed E-state index contributed by atoms with van der Waals surface area (Å²) in [7, 11) is 1.71. The molecule has 0 N–H and O–H groups in total. The second kappa shape index (κ2) is 7.87. The Labute approximate surface area is 189 Å². The molecule has 1 atom stereocenters. The van der Waals surface area contributed by atoms with Gasteiger partial charge in [0.05, 0.1) is 0 Å². The summed E-state index contributed by atoms with van der Waals surface area (Å²) in [5.41, 5.74) is 1.94. The van der Waals surface area contributed by atoms with E-state index >= 15 is 0 Å². The minimum absolute atomic E-state index is 0.199. The number of aliphatic imine (C=N–C) groups is 1. The van der Waals surface area contributed by atoms with Gasteiger partial charge >= 0.3 is 12.0 Å². The number of amidine groups is 1. The van der Waals surface area contributed by atoms with Crippen LogP contribution in [0.25, 0.3) is 5.69 Å². The molecule has 3 amide bonds. The van der Waals surface area contributed by atoms with Crippen LogP contribution >= 0.6 is 15.9 Å². The average molecular weight is 486 g/mol. The Balaban J connectivity index is 1.46. The number of rotatable bonds is 4. The van der Waals surface area contributed by atoms with Crippen LogP contribution in [0.3, 0.4) is 0 Å². The van der Waals surface area contributed by atoms with Gasteiger partial charge in [0.2, 0.25) is 11.9 Å². The number of likely N-dealkylation sites (N-methyl/N-ethyl adjacent to an activating group) is 1. The Morgan fingerprint density at radius 2 is 1.81 bits per heavy atom. The second-order valence-electron chi connectivity index (χ2n) is 8.40. The van der Waals surface area contributed by atoms with E-state index in [-0.39, 0.29) is 11.9 Å². The molecule has 1 aromatic heterocycles. The fourth-order valence-corrected chi connectivity index (χ4v) is 4.99. The number of fused-ring (bicyclic) bond motifs is 3. The zero-order valence-corrected chi connectivity index (χ0v) is 19.4. The number of imidazole rings is 1. The van der Waals surface area contributed by atoms with Gasteiger partial charge < -0.3 is 4.90 Å². The molecule has 0 aliphatic carbocycles. The molecule has 2 saturated heterocycles. The van der Waals surface area contributed by atoms with Crippen LogP contribution in [-0.2, 0) is 4.79 Å². The molecule has 3 aliphatic rings. The molecule has 1 aromatic carbocycles. The summed E-state index contributed by atoms with van der Waals surface area (Å²) < 4.78 is 4.91. The van der Waals surface area contributed by atoms with E-state index in [4.69, 9.17) is 4.99 Å². The number of aromatic nitrogens is 2. The maximum absolute atomic E-state index is 13.4. The number of aryl methyl sites for hydroxylation is 1. The van der Waals surface area contributed by atoms with Crippen molar-refractivity contribution >= 4 is 39.7 Å². The first-order chi connectivity index (χ1) is 15.0. The molecular formula is C22H26BrN6O2+. The largest absolute Gasteiger partial charge is 0.406 e. The smallest absolute Gasteiger partial charge is 0.302 e. The maximum atomic E-state index is 13.4. The Morgan fingerprint density at radius 1 is 1.10 bits per heavy atom. The van der Waals surface area contributed by atoms with E-state index in [2.05, 4.69) is 20.8 Å². The van der Waals surface area contributed by atoms with Crippen LogP contribution < -0.4 is 4.57 Å². The quantitative estimate of drug-likeness (QED) is 0.625. The summed E-state index contributed by atoms with van der Waals surface area (Å²) in [6, 6.07) is 7.06. The summed E-state index contributed by atoms with van der Waals surface area (Å²) in [6.07, 6.45) is 5.58. The fourth-order valence-electron chi connectivity index (χ4n) is 4.72. The molecule has 0 bridgehead atoms. The summed E-state index contributed by atoms with van der Waals surface area (Å²) in [6.45, 7) is 5.21. The lowest BCUT2D eigenvalue weighted by Gasteiger charge is -2.35. The third-order valence-corrected chi connectivity index (χ3v) is 6.91. The van der Waals surface area contributed by atoms with Gasteiger partial charge in [0.25, 0.3) is 5.91 Å². The van der Waals surface area contributed by atoms with Crippen molar-refractivity contribution in [3.63, 3.8) is 0 Å². The third kappa shape index (κ3) is 3.40. The third-order valence-electron chi connectivity index (χ3n) is 6.38. The Bertz CT molecular complexity index is 1070. The molecule has 5 rings (SSSR count). The predicted molar refractivity (Wildman–Crippen MR) is 120 cm³/mol. The molecule has 0 saturated carbocycles. The first-order valence-corrected chi connectivity index (χ1v) is 11.5. The topological polar surface area (TPSA) is 65.0 Å². The van der Waals surface area contributed by atoms with E-state index in [9.17, 15) is 9.59 Å². The highest BCUT2D eigenvalue weighted by atomic mass is 79.9. The van der Waals surface area contributed by atoms with Crippen LogP contribution in [0.2, 0.25) is 0 Å². The molecule has 0 spiro atoms. The summed E-state index contributed by atoms with van der Waals surface area (Å²) in [5.74, 6) is 0.950. The number of hydrogen-bond donors (Lipinski definition) is 0. The van der Waals surface area contributed by atoms with Crippen molar-refractivity contribution in [2.45, 2.75) is 32.2 Å². The molecule has 8 nitrogen and oxygen atoms in total. The van der Waals surface area contributed by atoms with E-state index in [1.807, 2.05) is 46.5 Å². The maximum Gasteiger partial charge on any atom is 0.406 e. The zero-order chi connectivity index (χ0) is 21.7. The van der Waals surface area contributed by atoms with Gasteiger partial charge in [0.15, 0.2) is 0 Å². The van der Waals surface area contributed by atoms with Crippen LogP contribution in [-0.4, -0.2) is 70.3 Å². The van der Waals surface area contributed by atoms with E-state index < -0.39 is 6.04 Å². The predicted octanol–water partition coefficient (Wildman–Crippen LogP) is 2.80. The van der Waals surface area contributed by atoms with E-state index in [0.717, 1.165) is 35.5 Å². The van der Waals surface area contributed by atoms with Crippen LogP contribution in [0.1, 0.15) is 31.0 Å². The molecule has 162 valence electrons. The normalized spacial score (nSPS) is 21.4. The van der Waals surface area contributed by atoms with Crippen LogP contribution in [0.4, 0.5) is 10.7 Å². The number of imide groups is 1. The van der Waals surface area contributed by atoms with E-state index in [1.54, 1.807) is 7.05 Å². The van der Waals surface area contributed by atoms with Gasteiger partial charge in [0, 0.05) is 24.6 Å². The number of hydrogen-bond acceptors (Lipinski definition) is 4. The molecule has 1 unspecified atom stereocenters. The zero-order valence-electron chi connectivity index (χ0n) is 17.8. The molecule has 4 heterocycles. The summed E-state index contributed by atoms with van der Waals surface area (Å²) >= 11 is 3.47. The van der Waals surface area contributed by atoms with Crippen molar-refractivity contribution < 1.29 is 14.2 Å². The van der Waals surface area contributed by atoms with Crippen molar-refractivity contribution in [3.8, 4) is 5.69 Å². The second-order valence-corrected chi connectivity index (χ2v) is 9.31. The number of carbonyl (C=O) groups is 2. The minimum atomic E-state index is -0.602. The lowest BCUT2D eigenvalue weighted by molar-refractivity contribution is -0.676. The van der Waals surface area contributed by atoms with Gasteiger partial charge in [-0.2, -0.15) is 4.57 Å². The minimum Gasteiger partial charge on any atom is -0.302 e. The van der Waals surface area contributed by atoms with Crippen molar-refractivity contribution in [1.29, 1.82) is 0 Å². The number of nitrogens with zero attached hydrogens (tertiary/aromatic N) is 6. The highest BCUT2D eigenvalue weighted by Gasteiger charge is 2.53. The van der Waals surface area contributed by atoms with Crippen molar-refractivity contribution in [2.75, 3.05) is 33.2 Å². The number of piperidine rings is 1. The van der Waals surface area contributed by atoms with Crippen molar-refractivity contribution in [3.05, 3.63) is 40.6 Å². The monoisotopic (exact) mass is 485 g/mol. The lowest BCUT2D eigenvalue weighted by Crippen LogP contribution is -2.63. The van der Waals surface area contributed by atoms with Crippen molar-refractivity contribution in [1.82, 2.24) is 19.3 Å². The fraction of sp³-hybridized carbons (Fsp3) is 0.455. The lowest BCUT2D eigenvalue weighted by atomic mass is 10.1. The summed E-state index contributed by atoms with van der Waals surface area (Å²) in [5, 5.41) is 0. The number of likely N-dealkylation sites (tertiary alicyclic amines) is 1. The van der Waals surface area contributed by atoms with Crippen molar-refractivity contribution in [2.24, 2.45) is 4.99 Å². The number of carbonyl (C=O) groups excluding carboxylic acids is 2. The number of amides is 3. The molecule has 9 heteroatoms. The van der Waals surface area contributed by atoms with Gasteiger partial charge in [-0.3, -0.25) is 14.6 Å². The molecule has 2 aromatic rings. The van der Waals surface area contributed by atoms with Crippen LogP contribution in [0.15, 0.2) is 39.9 Å². The highest BCUT2D eigenvalue weighted by molar-refractivity contribution is 9.10. The van der Waals surface area contributed by atoms with Gasteiger partial charge in [-0.15, -0.1) is 0 Å². The average Bonchev–Trinajstić information content (AvgIpc) is 3.28. The first kappa shape index (κ1) is 20.4. The number of benzene rings is 1. The molecule has 2 fully saturated rings. The van der Waals surface area contributed by atoms with Gasteiger partial charge in [-0.25, -0.2) is 9.36 Å². The van der Waals surface area contributed by atoms with Gasteiger partial charge in [-0.05, 0) is 57.1 Å². The molecular weight excluding hydrogens is 460 g/mol. The molecule has 31 heavy (non-hydrogen) atoms. The number of urea groups is 1. The first-order valence-electron chi connectivity index (χ1n) is 10.7. The molecule has 3 aliphatic heterocycles. The number of halogens is 1. The Hall–Kier alpha value is -2.52. The van der Waals surface area contributed by atoms with Crippen LogP contribution in [0, 0.1) is 6.92 Å². The van der Waals surface area contributed by atoms with Crippen LogP contribution in [0.5, 0.6) is 0 Å². The molecule has 0 radical (unpaired) electrons. The van der Waals surface area contributed by atoms with E-state index in [1.165, 1.54) is 29.1 Å². The standard InChI is InChI=1S/C22H26BrN6O2/c1-15-14-28-18-19(24-21(28)29(15)17-8-6-16(23)7-9-17)25(2)22(31)27(20(18)30)13-12-26-10-4-3-5-11-26/h6-9,14,18H,3-5,10-13H2,1-2H3/q+1. The Kier molecular flexibility index (Phi) is 5.18.